The van der Waals surface area contributed by atoms with E-state index in [4.69, 9.17) is 16.7 Å². The van der Waals surface area contributed by atoms with Crippen molar-refractivity contribution in [2.75, 3.05) is 24.2 Å². The molecule has 1 saturated heterocycles. The average molecular weight is 434 g/mol. The van der Waals surface area contributed by atoms with Gasteiger partial charge in [0.25, 0.3) is 0 Å². The van der Waals surface area contributed by atoms with Crippen LogP contribution in [0.1, 0.15) is 29.8 Å². The second-order valence-corrected chi connectivity index (χ2v) is 9.86. The standard InChI is InChI=1S/C20H24ClN5O2S/c1-14-10-20(25-9-3-4-17(13-25)24-29(2,27)28)26-19(22-14)12-18(23-26)11-15-5-7-16(21)8-6-15/h5-8,10,12,17,24H,3-4,9,11,13H2,1-2H3/t17-/m0/s1. The summed E-state index contributed by atoms with van der Waals surface area (Å²) < 4.78 is 27.9. The fraction of sp³-hybridized carbons (Fsp3) is 0.400. The highest BCUT2D eigenvalue weighted by molar-refractivity contribution is 7.88. The number of fused-ring (bicyclic) bond motifs is 1. The first-order valence-corrected chi connectivity index (χ1v) is 11.9. The van der Waals surface area contributed by atoms with Crippen molar-refractivity contribution in [1.29, 1.82) is 0 Å². The van der Waals surface area contributed by atoms with Crippen molar-refractivity contribution in [1.82, 2.24) is 19.3 Å². The molecular weight excluding hydrogens is 410 g/mol. The van der Waals surface area contributed by atoms with E-state index in [9.17, 15) is 8.42 Å². The molecule has 0 saturated carbocycles. The van der Waals surface area contributed by atoms with E-state index in [1.807, 2.05) is 47.8 Å². The molecule has 4 rings (SSSR count). The second-order valence-electron chi connectivity index (χ2n) is 7.64. The number of nitrogens with one attached hydrogen (secondary N) is 1. The number of hydrogen-bond acceptors (Lipinski definition) is 5. The summed E-state index contributed by atoms with van der Waals surface area (Å²) in [5, 5.41) is 5.50. The predicted octanol–water partition coefficient (Wildman–Crippen LogP) is 2.80. The highest BCUT2D eigenvalue weighted by Crippen LogP contribution is 2.23. The molecule has 0 radical (unpaired) electrons. The number of benzene rings is 1. The third kappa shape index (κ3) is 4.88. The highest BCUT2D eigenvalue weighted by atomic mass is 35.5. The Balaban J connectivity index is 1.63. The van der Waals surface area contributed by atoms with Gasteiger partial charge in [-0.25, -0.2) is 18.1 Å². The Morgan fingerprint density at radius 2 is 2.00 bits per heavy atom. The Morgan fingerprint density at radius 3 is 2.72 bits per heavy atom. The predicted molar refractivity (Wildman–Crippen MR) is 115 cm³/mol. The summed E-state index contributed by atoms with van der Waals surface area (Å²) in [6, 6.07) is 11.7. The van der Waals surface area contributed by atoms with Gasteiger partial charge in [0.05, 0.1) is 11.9 Å². The van der Waals surface area contributed by atoms with Gasteiger partial charge in [0.1, 0.15) is 5.82 Å². The van der Waals surface area contributed by atoms with E-state index < -0.39 is 10.0 Å². The third-order valence-electron chi connectivity index (χ3n) is 5.01. The molecule has 2 aromatic heterocycles. The molecule has 9 heteroatoms. The Hall–Kier alpha value is -2.16. The van der Waals surface area contributed by atoms with E-state index in [1.54, 1.807) is 0 Å². The first kappa shape index (κ1) is 20.1. The van der Waals surface area contributed by atoms with Crippen LogP contribution in [0.5, 0.6) is 0 Å². The number of nitrogens with zero attached hydrogens (tertiary/aromatic N) is 4. The molecule has 1 aliphatic rings. The van der Waals surface area contributed by atoms with Crippen molar-refractivity contribution in [3.05, 3.63) is 58.4 Å². The minimum atomic E-state index is -3.23. The van der Waals surface area contributed by atoms with Gasteiger partial charge in [0.2, 0.25) is 10.0 Å². The van der Waals surface area contributed by atoms with Gasteiger partial charge in [0.15, 0.2) is 5.65 Å². The van der Waals surface area contributed by atoms with Crippen molar-refractivity contribution in [2.45, 2.75) is 32.2 Å². The van der Waals surface area contributed by atoms with Gasteiger partial charge < -0.3 is 4.90 Å². The molecule has 1 fully saturated rings. The van der Waals surface area contributed by atoms with Crippen LogP contribution in [-0.4, -0.2) is 48.4 Å². The van der Waals surface area contributed by atoms with Gasteiger partial charge in [-0.2, -0.15) is 9.61 Å². The maximum absolute atomic E-state index is 11.6. The summed E-state index contributed by atoms with van der Waals surface area (Å²) in [6.45, 7) is 3.43. The fourth-order valence-electron chi connectivity index (χ4n) is 3.84. The first-order chi connectivity index (χ1) is 13.8. The minimum absolute atomic E-state index is 0.105. The number of anilines is 1. The zero-order valence-electron chi connectivity index (χ0n) is 16.5. The third-order valence-corrected chi connectivity index (χ3v) is 6.03. The topological polar surface area (TPSA) is 79.6 Å². The molecule has 0 unspecified atom stereocenters. The van der Waals surface area contributed by atoms with Crippen molar-refractivity contribution < 1.29 is 8.42 Å². The summed E-state index contributed by atoms with van der Waals surface area (Å²) in [7, 11) is -3.23. The molecule has 1 aliphatic heterocycles. The molecule has 1 atom stereocenters. The van der Waals surface area contributed by atoms with Crippen LogP contribution in [-0.2, 0) is 16.4 Å². The lowest BCUT2D eigenvalue weighted by molar-refractivity contribution is 0.463. The van der Waals surface area contributed by atoms with E-state index in [-0.39, 0.29) is 6.04 Å². The molecule has 154 valence electrons. The van der Waals surface area contributed by atoms with Gasteiger partial charge in [-0.3, -0.25) is 0 Å². The summed E-state index contributed by atoms with van der Waals surface area (Å²) in [6.07, 6.45) is 3.64. The van der Waals surface area contributed by atoms with Gasteiger partial charge in [-0.05, 0) is 37.5 Å². The Morgan fingerprint density at radius 1 is 1.24 bits per heavy atom. The van der Waals surface area contributed by atoms with Crippen LogP contribution < -0.4 is 9.62 Å². The van der Waals surface area contributed by atoms with Gasteiger partial charge >= 0.3 is 0 Å². The summed E-state index contributed by atoms with van der Waals surface area (Å²) in [5.41, 5.74) is 3.76. The number of sulfonamides is 1. The number of aryl methyl sites for hydroxylation is 1. The van der Waals surface area contributed by atoms with Crippen molar-refractivity contribution in [3.63, 3.8) is 0 Å². The lowest BCUT2D eigenvalue weighted by atomic mass is 10.1. The maximum atomic E-state index is 11.6. The average Bonchev–Trinajstić information content (AvgIpc) is 3.04. The SMILES string of the molecule is Cc1cc(N2CCC[C@H](NS(C)(=O)=O)C2)n2nc(Cc3ccc(Cl)cc3)cc2n1. The molecule has 0 amide bonds. The number of hydrogen-bond donors (Lipinski definition) is 1. The van der Waals surface area contributed by atoms with Crippen molar-refractivity contribution in [2.24, 2.45) is 0 Å². The van der Waals surface area contributed by atoms with E-state index >= 15 is 0 Å². The van der Waals surface area contributed by atoms with Gasteiger partial charge in [0, 0.05) is 48.4 Å². The van der Waals surface area contributed by atoms with Crippen molar-refractivity contribution >= 4 is 33.1 Å². The normalized spacial score (nSPS) is 17.8. The number of rotatable bonds is 5. The fourth-order valence-corrected chi connectivity index (χ4v) is 4.76. The minimum Gasteiger partial charge on any atom is -0.355 e. The van der Waals surface area contributed by atoms with Crippen LogP contribution in [0, 0.1) is 6.92 Å². The molecule has 1 N–H and O–H groups in total. The number of aromatic nitrogens is 3. The largest absolute Gasteiger partial charge is 0.355 e. The Labute approximate surface area is 175 Å². The maximum Gasteiger partial charge on any atom is 0.209 e. The second kappa shape index (κ2) is 7.93. The van der Waals surface area contributed by atoms with Crippen LogP contribution in [0.2, 0.25) is 5.02 Å². The molecule has 7 nitrogen and oxygen atoms in total. The van der Waals surface area contributed by atoms with Crippen LogP contribution in [0.15, 0.2) is 36.4 Å². The lowest BCUT2D eigenvalue weighted by Crippen LogP contribution is -2.48. The van der Waals surface area contributed by atoms with Crippen LogP contribution in [0.3, 0.4) is 0 Å². The smallest absolute Gasteiger partial charge is 0.209 e. The summed E-state index contributed by atoms with van der Waals surface area (Å²) in [4.78, 5) is 6.81. The highest BCUT2D eigenvalue weighted by Gasteiger charge is 2.24. The molecule has 3 heterocycles. The molecule has 0 aliphatic carbocycles. The molecule has 0 bridgehead atoms. The molecule has 3 aromatic rings. The van der Waals surface area contributed by atoms with E-state index in [2.05, 4.69) is 14.6 Å². The molecule has 1 aromatic carbocycles. The monoisotopic (exact) mass is 433 g/mol. The Kier molecular flexibility index (Phi) is 5.50. The number of piperidine rings is 1. The van der Waals surface area contributed by atoms with E-state index in [0.29, 0.717) is 18.0 Å². The Bertz CT molecular complexity index is 1130. The molecular formula is C20H24ClN5O2S. The van der Waals surface area contributed by atoms with E-state index in [1.165, 1.54) is 6.26 Å². The van der Waals surface area contributed by atoms with Crippen LogP contribution in [0.25, 0.3) is 5.65 Å². The molecule has 0 spiro atoms. The summed E-state index contributed by atoms with van der Waals surface area (Å²) >= 11 is 5.98. The van der Waals surface area contributed by atoms with E-state index in [0.717, 1.165) is 47.8 Å². The zero-order valence-corrected chi connectivity index (χ0v) is 18.0. The molecule has 29 heavy (non-hydrogen) atoms. The summed E-state index contributed by atoms with van der Waals surface area (Å²) in [5.74, 6) is 0.940. The quantitative estimate of drug-likeness (QED) is 0.669. The lowest BCUT2D eigenvalue weighted by Gasteiger charge is -2.34. The van der Waals surface area contributed by atoms with Gasteiger partial charge in [-0.15, -0.1) is 0 Å². The van der Waals surface area contributed by atoms with Gasteiger partial charge in [-0.1, -0.05) is 23.7 Å². The van der Waals surface area contributed by atoms with Crippen LogP contribution >= 0.6 is 11.6 Å². The van der Waals surface area contributed by atoms with Crippen molar-refractivity contribution in [3.8, 4) is 0 Å². The zero-order chi connectivity index (χ0) is 20.6. The number of halogens is 1. The first-order valence-electron chi connectivity index (χ1n) is 9.60. The van der Waals surface area contributed by atoms with Crippen LogP contribution in [0.4, 0.5) is 5.82 Å².